The number of nitrogens with zero attached hydrogens (tertiary/aromatic N) is 2. The molecule has 0 fully saturated rings. The zero-order chi connectivity index (χ0) is 21.1. The van der Waals surface area contributed by atoms with Gasteiger partial charge >= 0.3 is 0 Å². The standard InChI is InChI=1S/C23H15N3O4/c27-22(16-8-2-1-3-9-16)18(14-15-7-6-10-17(13-15)26(29)30)21-23(28)25-20-12-5-4-11-19(20)24-21/h1-14H,(H,25,28)/b18-14+. The van der Waals surface area contributed by atoms with Gasteiger partial charge in [0.05, 0.1) is 21.5 Å². The van der Waals surface area contributed by atoms with Crippen molar-refractivity contribution in [3.8, 4) is 0 Å². The minimum Gasteiger partial charge on any atom is -0.319 e. The normalized spacial score (nSPS) is 11.4. The number of hydrogen-bond acceptors (Lipinski definition) is 5. The maximum absolute atomic E-state index is 13.3. The number of aromatic nitrogens is 2. The predicted molar refractivity (Wildman–Crippen MR) is 114 cm³/mol. The first-order chi connectivity index (χ1) is 14.5. The number of nitro benzene ring substituents is 1. The monoisotopic (exact) mass is 397 g/mol. The van der Waals surface area contributed by atoms with Crippen LogP contribution in [0.5, 0.6) is 0 Å². The molecule has 0 bridgehead atoms. The van der Waals surface area contributed by atoms with E-state index in [2.05, 4.69) is 9.97 Å². The van der Waals surface area contributed by atoms with Gasteiger partial charge in [-0.2, -0.15) is 0 Å². The summed E-state index contributed by atoms with van der Waals surface area (Å²) in [6, 6.07) is 21.3. The Bertz CT molecular complexity index is 1360. The maximum atomic E-state index is 13.3. The number of nitro groups is 1. The molecule has 0 saturated carbocycles. The molecule has 1 aromatic heterocycles. The maximum Gasteiger partial charge on any atom is 0.275 e. The van der Waals surface area contributed by atoms with E-state index in [1.165, 1.54) is 24.3 Å². The highest BCUT2D eigenvalue weighted by Crippen LogP contribution is 2.23. The van der Waals surface area contributed by atoms with Gasteiger partial charge in [0.1, 0.15) is 5.69 Å². The van der Waals surface area contributed by atoms with Crippen LogP contribution in [0.25, 0.3) is 22.7 Å². The summed E-state index contributed by atoms with van der Waals surface area (Å²) < 4.78 is 0. The van der Waals surface area contributed by atoms with Crippen LogP contribution in [-0.4, -0.2) is 20.7 Å². The molecule has 146 valence electrons. The molecule has 3 aromatic carbocycles. The number of aromatic amines is 1. The van der Waals surface area contributed by atoms with Crippen LogP contribution in [0.4, 0.5) is 5.69 Å². The highest BCUT2D eigenvalue weighted by atomic mass is 16.6. The molecule has 1 heterocycles. The Kier molecular flexibility index (Phi) is 5.00. The number of carbonyl (C=O) groups excluding carboxylic acids is 1. The number of hydrogen-bond donors (Lipinski definition) is 1. The lowest BCUT2D eigenvalue weighted by atomic mass is 9.98. The molecule has 0 amide bonds. The van der Waals surface area contributed by atoms with Crippen molar-refractivity contribution in [1.29, 1.82) is 0 Å². The van der Waals surface area contributed by atoms with E-state index < -0.39 is 16.3 Å². The molecule has 0 atom stereocenters. The third-order valence-electron chi connectivity index (χ3n) is 4.53. The summed E-state index contributed by atoms with van der Waals surface area (Å²) in [4.78, 5) is 43.8. The van der Waals surface area contributed by atoms with Gasteiger partial charge in [-0.3, -0.25) is 19.7 Å². The lowest BCUT2D eigenvalue weighted by molar-refractivity contribution is -0.384. The van der Waals surface area contributed by atoms with Crippen LogP contribution in [0.1, 0.15) is 21.6 Å². The number of carbonyl (C=O) groups is 1. The number of fused-ring (bicyclic) bond motifs is 1. The van der Waals surface area contributed by atoms with E-state index in [1.807, 2.05) is 0 Å². The van der Waals surface area contributed by atoms with E-state index in [9.17, 15) is 19.7 Å². The van der Waals surface area contributed by atoms with Crippen LogP contribution in [0.2, 0.25) is 0 Å². The quantitative estimate of drug-likeness (QED) is 0.234. The second kappa shape index (κ2) is 7.92. The average Bonchev–Trinajstić information content (AvgIpc) is 2.77. The van der Waals surface area contributed by atoms with Gasteiger partial charge in [-0.05, 0) is 23.8 Å². The van der Waals surface area contributed by atoms with Gasteiger partial charge in [0.25, 0.3) is 11.2 Å². The Labute approximate surface area is 170 Å². The van der Waals surface area contributed by atoms with Crippen LogP contribution < -0.4 is 5.56 Å². The minimum atomic E-state index is -0.519. The van der Waals surface area contributed by atoms with Gasteiger partial charge in [0.2, 0.25) is 0 Å². The molecular formula is C23H15N3O4. The zero-order valence-corrected chi connectivity index (χ0v) is 15.6. The lowest BCUT2D eigenvalue weighted by Gasteiger charge is -2.08. The summed E-state index contributed by atoms with van der Waals surface area (Å²) in [6.45, 7) is 0. The number of benzene rings is 3. The molecule has 0 radical (unpaired) electrons. The molecule has 30 heavy (non-hydrogen) atoms. The Balaban J connectivity index is 1.94. The number of nitrogens with one attached hydrogen (secondary N) is 1. The van der Waals surface area contributed by atoms with Crippen molar-refractivity contribution in [2.45, 2.75) is 0 Å². The van der Waals surface area contributed by atoms with Crippen molar-refractivity contribution in [2.75, 3.05) is 0 Å². The molecule has 4 rings (SSSR count). The second-order valence-electron chi connectivity index (χ2n) is 6.54. The van der Waals surface area contributed by atoms with E-state index in [0.29, 0.717) is 22.2 Å². The van der Waals surface area contributed by atoms with Crippen LogP contribution in [0.3, 0.4) is 0 Å². The van der Waals surface area contributed by atoms with Gasteiger partial charge < -0.3 is 4.98 Å². The molecule has 7 heteroatoms. The molecule has 4 aromatic rings. The zero-order valence-electron chi connectivity index (χ0n) is 15.6. The number of Topliss-reactive ketones (excluding diaryl/α,β-unsaturated/α-hetero) is 1. The molecular weight excluding hydrogens is 382 g/mol. The summed E-state index contributed by atoms with van der Waals surface area (Å²) in [5.74, 6) is -0.407. The number of ketones is 1. The lowest BCUT2D eigenvalue weighted by Crippen LogP contribution is -2.18. The number of non-ortho nitro benzene ring substituents is 1. The van der Waals surface area contributed by atoms with Gasteiger partial charge in [-0.15, -0.1) is 0 Å². The van der Waals surface area contributed by atoms with Gasteiger partial charge in [-0.25, -0.2) is 4.98 Å². The Morgan fingerprint density at radius 1 is 0.967 bits per heavy atom. The Morgan fingerprint density at radius 3 is 2.47 bits per heavy atom. The van der Waals surface area contributed by atoms with Crippen molar-refractivity contribution < 1.29 is 9.72 Å². The average molecular weight is 397 g/mol. The highest BCUT2D eigenvalue weighted by molar-refractivity contribution is 6.32. The molecule has 0 aliphatic carbocycles. The van der Waals surface area contributed by atoms with Crippen molar-refractivity contribution in [1.82, 2.24) is 9.97 Å². The number of allylic oxidation sites excluding steroid dienone is 1. The molecule has 7 nitrogen and oxygen atoms in total. The fourth-order valence-electron chi connectivity index (χ4n) is 3.09. The molecule has 0 aliphatic rings. The van der Waals surface area contributed by atoms with Gasteiger partial charge in [-0.1, -0.05) is 54.6 Å². The van der Waals surface area contributed by atoms with E-state index in [4.69, 9.17) is 0 Å². The van der Waals surface area contributed by atoms with Crippen LogP contribution in [0, 0.1) is 10.1 Å². The number of para-hydroxylation sites is 2. The predicted octanol–water partition coefficient (Wildman–Crippen LogP) is 4.25. The summed E-state index contributed by atoms with van der Waals surface area (Å²) in [6.07, 6.45) is 1.45. The summed E-state index contributed by atoms with van der Waals surface area (Å²) >= 11 is 0. The van der Waals surface area contributed by atoms with Crippen LogP contribution >= 0.6 is 0 Å². The third-order valence-corrected chi connectivity index (χ3v) is 4.53. The smallest absolute Gasteiger partial charge is 0.275 e. The largest absolute Gasteiger partial charge is 0.319 e. The van der Waals surface area contributed by atoms with Crippen LogP contribution in [0.15, 0.2) is 83.7 Å². The van der Waals surface area contributed by atoms with Crippen LogP contribution in [-0.2, 0) is 0 Å². The van der Waals surface area contributed by atoms with Gasteiger partial charge in [0.15, 0.2) is 5.78 Å². The second-order valence-corrected chi connectivity index (χ2v) is 6.54. The molecule has 0 aliphatic heterocycles. The van der Waals surface area contributed by atoms with E-state index in [0.717, 1.165) is 0 Å². The summed E-state index contributed by atoms with van der Waals surface area (Å²) in [5.41, 5.74) is 1.24. The first-order valence-corrected chi connectivity index (χ1v) is 9.08. The SMILES string of the molecule is O=C(/C(=C/c1cccc([N+](=O)[O-])c1)c1nc2ccccc2[nH]c1=O)c1ccccc1. The fourth-order valence-corrected chi connectivity index (χ4v) is 3.09. The summed E-state index contributed by atoms with van der Waals surface area (Å²) in [5, 5.41) is 11.1. The van der Waals surface area contributed by atoms with E-state index in [-0.39, 0.29) is 17.0 Å². The first-order valence-electron chi connectivity index (χ1n) is 9.08. The van der Waals surface area contributed by atoms with Crippen molar-refractivity contribution in [3.05, 3.63) is 116 Å². The van der Waals surface area contributed by atoms with Crippen molar-refractivity contribution in [2.24, 2.45) is 0 Å². The fraction of sp³-hybridized carbons (Fsp3) is 0. The summed E-state index contributed by atoms with van der Waals surface area (Å²) in [7, 11) is 0. The number of H-pyrrole nitrogens is 1. The van der Waals surface area contributed by atoms with Crippen molar-refractivity contribution in [3.63, 3.8) is 0 Å². The minimum absolute atomic E-state index is 0.0472. The van der Waals surface area contributed by atoms with E-state index in [1.54, 1.807) is 60.7 Å². The van der Waals surface area contributed by atoms with Crippen molar-refractivity contribution >= 4 is 34.2 Å². The molecule has 0 spiro atoms. The molecule has 0 unspecified atom stereocenters. The van der Waals surface area contributed by atoms with E-state index >= 15 is 0 Å². The molecule has 0 saturated heterocycles. The molecule has 1 N–H and O–H groups in total. The topological polar surface area (TPSA) is 106 Å². The Morgan fingerprint density at radius 2 is 1.70 bits per heavy atom. The highest BCUT2D eigenvalue weighted by Gasteiger charge is 2.20. The Hall–Kier alpha value is -4.39. The first kappa shape index (κ1) is 18.9. The third kappa shape index (κ3) is 3.77. The number of rotatable bonds is 5. The van der Waals surface area contributed by atoms with Gasteiger partial charge in [0, 0.05) is 17.7 Å².